The number of halogens is 2. The minimum atomic E-state index is -0.875. The van der Waals surface area contributed by atoms with E-state index in [0.29, 0.717) is 59.6 Å². The van der Waals surface area contributed by atoms with Crippen molar-refractivity contribution in [2.24, 2.45) is 0 Å². The van der Waals surface area contributed by atoms with Crippen LogP contribution in [-0.4, -0.2) is 53.1 Å². The fourth-order valence-corrected chi connectivity index (χ4v) is 6.94. The van der Waals surface area contributed by atoms with Crippen LogP contribution in [-0.2, 0) is 30.7 Å². The highest BCUT2D eigenvalue weighted by molar-refractivity contribution is 6.36. The summed E-state index contributed by atoms with van der Waals surface area (Å²) in [5.74, 6) is 0.525. The van der Waals surface area contributed by atoms with Gasteiger partial charge in [0.25, 0.3) is 5.89 Å². The molecule has 7 rings (SSSR count). The van der Waals surface area contributed by atoms with Crippen LogP contribution in [0.25, 0.3) is 11.1 Å². The van der Waals surface area contributed by atoms with Crippen molar-refractivity contribution in [2.75, 3.05) is 26.0 Å². The van der Waals surface area contributed by atoms with Crippen LogP contribution in [0.4, 0.5) is 5.69 Å². The molecule has 3 N–H and O–H groups in total. The van der Waals surface area contributed by atoms with Crippen LogP contribution in [0.3, 0.4) is 0 Å². The van der Waals surface area contributed by atoms with Gasteiger partial charge in [0.2, 0.25) is 0 Å². The molecule has 3 aliphatic rings. The van der Waals surface area contributed by atoms with Gasteiger partial charge < -0.3 is 24.3 Å². The van der Waals surface area contributed by atoms with E-state index in [-0.39, 0.29) is 12.0 Å². The summed E-state index contributed by atoms with van der Waals surface area (Å²) in [4.78, 5) is 31.3. The number of aliphatic carboxylic acids is 1. The van der Waals surface area contributed by atoms with Gasteiger partial charge in [-0.25, -0.2) is 4.98 Å². The van der Waals surface area contributed by atoms with E-state index in [1.165, 1.54) is 0 Å². The molecular formula is C35H34Cl2N4O6. The largest absolute Gasteiger partial charge is 0.496 e. The number of benzene rings is 3. The molecule has 2 aliphatic carbocycles. The summed E-state index contributed by atoms with van der Waals surface area (Å²) in [5, 5.41) is 16.4. The Morgan fingerprint density at radius 2 is 1.89 bits per heavy atom. The number of carbonyl (C=O) groups excluding carboxylic acids is 1. The van der Waals surface area contributed by atoms with Crippen LogP contribution in [0.15, 0.2) is 52.9 Å². The van der Waals surface area contributed by atoms with E-state index < -0.39 is 17.4 Å². The third-order valence-corrected chi connectivity index (χ3v) is 9.95. The Hall–Kier alpha value is -4.09. The third kappa shape index (κ3) is 6.07. The lowest BCUT2D eigenvalue weighted by molar-refractivity contribution is -0.140. The van der Waals surface area contributed by atoms with Gasteiger partial charge in [-0.1, -0.05) is 53.5 Å². The number of nitrogens with zero attached hydrogens (tertiary/aromatic N) is 2. The second-order valence-corrected chi connectivity index (χ2v) is 13.1. The Bertz CT molecular complexity index is 1890. The summed E-state index contributed by atoms with van der Waals surface area (Å²) in [7, 11) is 3.57. The zero-order valence-corrected chi connectivity index (χ0v) is 27.5. The quantitative estimate of drug-likeness (QED) is 0.169. The number of carboxylic acids is 1. The van der Waals surface area contributed by atoms with E-state index in [0.717, 1.165) is 58.7 Å². The van der Waals surface area contributed by atoms with Crippen LogP contribution >= 0.6 is 23.2 Å². The molecule has 0 spiro atoms. The number of nitrogens with one attached hydrogen (secondary N) is 2. The number of aromatic nitrogens is 1. The van der Waals surface area contributed by atoms with Crippen LogP contribution < -0.4 is 20.1 Å². The van der Waals surface area contributed by atoms with Crippen molar-refractivity contribution in [1.29, 1.82) is 0 Å². The highest BCUT2D eigenvalue weighted by Gasteiger charge is 2.50. The van der Waals surface area contributed by atoms with Gasteiger partial charge in [-0.15, -0.1) is 0 Å². The molecule has 1 fully saturated rings. The Kier molecular flexibility index (Phi) is 8.38. The molecule has 10 nitrogen and oxygen atoms in total. The maximum Gasteiger partial charge on any atom is 0.323 e. The monoisotopic (exact) mass is 676 g/mol. The molecule has 1 aromatic heterocycles. The SMILES string of the molecule is COc1cc(OC2CCc3c(-c4cccc(NC(=O)c5nc6c(o5)CCN(C)C6)c4Cl)cccc32)c(Cl)cc1CNC1(C(=O)O)CC1. The molecule has 1 atom stereocenters. The highest BCUT2D eigenvalue weighted by Crippen LogP contribution is 2.45. The Morgan fingerprint density at radius 3 is 2.66 bits per heavy atom. The number of hydrogen-bond donors (Lipinski definition) is 3. The zero-order chi connectivity index (χ0) is 32.9. The van der Waals surface area contributed by atoms with Crippen molar-refractivity contribution in [3.05, 3.63) is 92.6 Å². The van der Waals surface area contributed by atoms with Crippen molar-refractivity contribution in [1.82, 2.24) is 15.2 Å². The number of rotatable bonds is 10. The molecule has 2 heterocycles. The van der Waals surface area contributed by atoms with E-state index in [4.69, 9.17) is 37.1 Å². The summed E-state index contributed by atoms with van der Waals surface area (Å²) >= 11 is 13.6. The molecule has 1 aliphatic heterocycles. The van der Waals surface area contributed by atoms with Crippen LogP contribution in [0, 0.1) is 0 Å². The number of fused-ring (bicyclic) bond motifs is 2. The van der Waals surface area contributed by atoms with Gasteiger partial charge in [-0.05, 0) is 61.6 Å². The van der Waals surface area contributed by atoms with Crippen molar-refractivity contribution in [3.63, 3.8) is 0 Å². The lowest BCUT2D eigenvalue weighted by Gasteiger charge is -2.20. The molecule has 4 aromatic rings. The summed E-state index contributed by atoms with van der Waals surface area (Å²) in [5.41, 5.74) is 5.03. The number of amides is 1. The molecule has 0 radical (unpaired) electrons. The fourth-order valence-electron chi connectivity index (χ4n) is 6.43. The third-order valence-electron chi connectivity index (χ3n) is 9.25. The minimum Gasteiger partial charge on any atom is -0.496 e. The second kappa shape index (κ2) is 12.5. The smallest absolute Gasteiger partial charge is 0.323 e. The van der Waals surface area contributed by atoms with Gasteiger partial charge in [0.05, 0.1) is 28.5 Å². The number of ether oxygens (including phenoxy) is 2. The molecule has 0 saturated heterocycles. The number of carbonyl (C=O) groups is 2. The number of carboxylic acid groups (broad SMARTS) is 1. The van der Waals surface area contributed by atoms with Crippen LogP contribution in [0.1, 0.15) is 64.2 Å². The van der Waals surface area contributed by atoms with Crippen molar-refractivity contribution < 1.29 is 28.6 Å². The number of hydrogen-bond acceptors (Lipinski definition) is 8. The molecule has 3 aromatic carbocycles. The predicted octanol–water partition coefficient (Wildman–Crippen LogP) is 6.67. The number of anilines is 1. The van der Waals surface area contributed by atoms with E-state index in [2.05, 4.69) is 20.5 Å². The first-order valence-corrected chi connectivity index (χ1v) is 16.3. The van der Waals surface area contributed by atoms with E-state index in [1.807, 2.05) is 37.4 Å². The molecular weight excluding hydrogens is 643 g/mol. The predicted molar refractivity (Wildman–Crippen MR) is 178 cm³/mol. The lowest BCUT2D eigenvalue weighted by Crippen LogP contribution is -2.38. The molecule has 47 heavy (non-hydrogen) atoms. The zero-order valence-electron chi connectivity index (χ0n) is 26.0. The lowest BCUT2D eigenvalue weighted by atomic mass is 9.96. The summed E-state index contributed by atoms with van der Waals surface area (Å²) in [6.45, 7) is 1.80. The Morgan fingerprint density at radius 1 is 1.11 bits per heavy atom. The molecule has 1 saturated carbocycles. The summed E-state index contributed by atoms with van der Waals surface area (Å²) < 4.78 is 17.9. The molecule has 12 heteroatoms. The highest BCUT2D eigenvalue weighted by atomic mass is 35.5. The van der Waals surface area contributed by atoms with Gasteiger partial charge >= 0.3 is 11.9 Å². The van der Waals surface area contributed by atoms with Gasteiger partial charge in [-0.2, -0.15) is 0 Å². The summed E-state index contributed by atoms with van der Waals surface area (Å²) in [6.07, 6.45) is 3.13. The van der Waals surface area contributed by atoms with E-state index in [9.17, 15) is 14.7 Å². The normalized spacial score (nSPS) is 17.9. The molecule has 0 bridgehead atoms. The van der Waals surface area contributed by atoms with Gasteiger partial charge in [0.15, 0.2) is 0 Å². The fraction of sp³-hybridized carbons (Fsp3) is 0.343. The summed E-state index contributed by atoms with van der Waals surface area (Å²) in [6, 6.07) is 15.1. The second-order valence-electron chi connectivity index (χ2n) is 12.4. The average Bonchev–Trinajstić information content (AvgIpc) is 3.57. The maximum absolute atomic E-state index is 13.1. The maximum atomic E-state index is 13.1. The number of oxazole rings is 1. The standard InChI is InChI=1S/C35H34Cl2N4O6/c1-41-14-11-28-26(18-41)40-33(47-28)32(42)39-25-8-4-7-23(31(25)37)20-5-3-6-22-21(20)9-10-27(22)46-30-16-29(45-2)19(15-24(30)36)17-38-35(12-13-35)34(43)44/h3-8,15-16,27,38H,9-14,17-18H2,1-2H3,(H,39,42)(H,43,44). The first-order valence-electron chi connectivity index (χ1n) is 15.6. The van der Waals surface area contributed by atoms with Crippen LogP contribution in [0.5, 0.6) is 11.5 Å². The Balaban J connectivity index is 1.10. The van der Waals surface area contributed by atoms with Gasteiger partial charge in [0, 0.05) is 43.2 Å². The molecule has 244 valence electrons. The van der Waals surface area contributed by atoms with E-state index >= 15 is 0 Å². The van der Waals surface area contributed by atoms with E-state index in [1.54, 1.807) is 25.3 Å². The molecule has 1 amide bonds. The topological polar surface area (TPSA) is 126 Å². The van der Waals surface area contributed by atoms with Gasteiger partial charge in [0.1, 0.15) is 28.9 Å². The average molecular weight is 678 g/mol. The Labute approximate surface area is 282 Å². The van der Waals surface area contributed by atoms with Crippen molar-refractivity contribution >= 4 is 40.8 Å². The first kappa shape index (κ1) is 31.5. The number of methoxy groups -OCH3 is 1. The molecule has 1 unspecified atom stereocenters. The van der Waals surface area contributed by atoms with Crippen LogP contribution in [0.2, 0.25) is 10.0 Å². The minimum absolute atomic E-state index is 0.0269. The number of likely N-dealkylation sites (N-methyl/N-ethyl adjacent to an activating group) is 1. The van der Waals surface area contributed by atoms with Gasteiger partial charge in [-0.3, -0.25) is 19.8 Å². The first-order chi connectivity index (χ1) is 22.7. The van der Waals surface area contributed by atoms with Crippen molar-refractivity contribution in [2.45, 2.75) is 56.8 Å². The van der Waals surface area contributed by atoms with Crippen molar-refractivity contribution in [3.8, 4) is 22.6 Å².